The second kappa shape index (κ2) is 4.59. The van der Waals surface area contributed by atoms with Gasteiger partial charge >= 0.3 is 0 Å². The number of hydrogen-bond acceptors (Lipinski definition) is 4. The SMILES string of the molecule is Cc1nc(/C=C2/C=Nc3ncccc32)c(O)n1C(C)C. The van der Waals surface area contributed by atoms with Crippen molar-refractivity contribution in [1.82, 2.24) is 14.5 Å². The largest absolute Gasteiger partial charge is 0.493 e. The van der Waals surface area contributed by atoms with E-state index < -0.39 is 0 Å². The number of imidazole rings is 1. The maximum absolute atomic E-state index is 10.3. The highest BCUT2D eigenvalue weighted by Crippen LogP contribution is 2.32. The van der Waals surface area contributed by atoms with Gasteiger partial charge in [0.15, 0.2) is 5.82 Å². The summed E-state index contributed by atoms with van der Waals surface area (Å²) in [7, 11) is 0. The lowest BCUT2D eigenvalue weighted by molar-refractivity contribution is 0.396. The van der Waals surface area contributed by atoms with Crippen LogP contribution in [-0.4, -0.2) is 25.9 Å². The van der Waals surface area contributed by atoms with E-state index in [9.17, 15) is 5.11 Å². The van der Waals surface area contributed by atoms with Crippen molar-refractivity contribution in [2.45, 2.75) is 26.8 Å². The van der Waals surface area contributed by atoms with Gasteiger partial charge in [0.2, 0.25) is 5.88 Å². The highest BCUT2D eigenvalue weighted by molar-refractivity contribution is 6.20. The van der Waals surface area contributed by atoms with Gasteiger partial charge in [-0.15, -0.1) is 0 Å². The molecule has 0 unspecified atom stereocenters. The highest BCUT2D eigenvalue weighted by atomic mass is 16.3. The Bertz CT molecular complexity index is 725. The van der Waals surface area contributed by atoms with Crippen LogP contribution in [0.5, 0.6) is 5.88 Å². The number of pyridine rings is 1. The smallest absolute Gasteiger partial charge is 0.219 e. The number of aromatic hydroxyl groups is 1. The van der Waals surface area contributed by atoms with Crippen molar-refractivity contribution >= 4 is 23.7 Å². The Morgan fingerprint density at radius 1 is 1.35 bits per heavy atom. The van der Waals surface area contributed by atoms with Gasteiger partial charge in [0.25, 0.3) is 0 Å². The molecule has 0 bridgehead atoms. The Labute approximate surface area is 117 Å². The second-order valence-corrected chi connectivity index (χ2v) is 5.06. The predicted octanol–water partition coefficient (Wildman–Crippen LogP) is 3.13. The molecule has 3 heterocycles. The van der Waals surface area contributed by atoms with Crippen molar-refractivity contribution in [3.63, 3.8) is 0 Å². The van der Waals surface area contributed by atoms with Crippen molar-refractivity contribution < 1.29 is 5.11 Å². The van der Waals surface area contributed by atoms with Crippen LogP contribution in [0.25, 0.3) is 11.6 Å². The molecule has 5 heteroatoms. The maximum atomic E-state index is 10.3. The van der Waals surface area contributed by atoms with Gasteiger partial charge in [-0.2, -0.15) is 0 Å². The van der Waals surface area contributed by atoms with E-state index in [1.54, 1.807) is 12.4 Å². The average molecular weight is 268 g/mol. The van der Waals surface area contributed by atoms with E-state index in [1.165, 1.54) is 0 Å². The molecule has 0 atom stereocenters. The number of hydrogen-bond donors (Lipinski definition) is 1. The third-order valence-corrected chi connectivity index (χ3v) is 3.32. The number of nitrogens with zero attached hydrogens (tertiary/aromatic N) is 4. The second-order valence-electron chi connectivity index (χ2n) is 5.06. The normalized spacial score (nSPS) is 15.3. The van der Waals surface area contributed by atoms with E-state index in [4.69, 9.17) is 0 Å². The van der Waals surface area contributed by atoms with Crippen molar-refractivity contribution in [2.24, 2.45) is 4.99 Å². The monoisotopic (exact) mass is 268 g/mol. The molecule has 0 saturated heterocycles. The fourth-order valence-corrected chi connectivity index (χ4v) is 2.46. The third-order valence-electron chi connectivity index (χ3n) is 3.32. The van der Waals surface area contributed by atoms with E-state index in [0.717, 1.165) is 17.0 Å². The van der Waals surface area contributed by atoms with Gasteiger partial charge in [-0.3, -0.25) is 4.57 Å². The molecule has 0 spiro atoms. The molecule has 0 fully saturated rings. The lowest BCUT2D eigenvalue weighted by atomic mass is 10.1. The zero-order chi connectivity index (χ0) is 14.3. The van der Waals surface area contributed by atoms with E-state index in [2.05, 4.69) is 15.0 Å². The van der Waals surface area contributed by atoms with Crippen LogP contribution in [0.15, 0.2) is 23.3 Å². The third kappa shape index (κ3) is 1.91. The van der Waals surface area contributed by atoms with Crippen molar-refractivity contribution in [2.75, 3.05) is 0 Å². The molecule has 0 amide bonds. The summed E-state index contributed by atoms with van der Waals surface area (Å²) in [5, 5.41) is 10.3. The molecule has 1 aliphatic heterocycles. The van der Waals surface area contributed by atoms with E-state index in [0.29, 0.717) is 11.5 Å². The molecular formula is C15H16N4O. The van der Waals surface area contributed by atoms with Crippen LogP contribution < -0.4 is 0 Å². The fourth-order valence-electron chi connectivity index (χ4n) is 2.46. The van der Waals surface area contributed by atoms with Gasteiger partial charge < -0.3 is 5.11 Å². The summed E-state index contributed by atoms with van der Waals surface area (Å²) in [6, 6.07) is 4.00. The molecular weight excluding hydrogens is 252 g/mol. The zero-order valence-corrected chi connectivity index (χ0v) is 11.7. The van der Waals surface area contributed by atoms with Gasteiger partial charge in [0, 0.05) is 29.6 Å². The van der Waals surface area contributed by atoms with Crippen LogP contribution in [0.4, 0.5) is 5.82 Å². The van der Waals surface area contributed by atoms with Gasteiger partial charge in [0.05, 0.1) is 0 Å². The number of aromatic nitrogens is 3. The standard InChI is InChI=1S/C15H16N4O/c1-9(2)19-10(3)18-13(15(19)20)7-11-8-17-14-12(11)5-4-6-16-14/h4-9,20H,1-3H3/b11-7-. The number of rotatable bonds is 2. The molecule has 5 nitrogen and oxygen atoms in total. The average Bonchev–Trinajstić information content (AvgIpc) is 2.93. The first-order valence-corrected chi connectivity index (χ1v) is 6.57. The summed E-state index contributed by atoms with van der Waals surface area (Å²) < 4.78 is 1.81. The van der Waals surface area contributed by atoms with Crippen molar-refractivity contribution in [3.8, 4) is 5.88 Å². The lowest BCUT2D eigenvalue weighted by Gasteiger charge is -2.09. The molecule has 3 rings (SSSR count). The molecule has 0 aliphatic carbocycles. The van der Waals surface area contributed by atoms with Crippen LogP contribution in [0.2, 0.25) is 0 Å². The van der Waals surface area contributed by atoms with Crippen molar-refractivity contribution in [3.05, 3.63) is 35.4 Å². The van der Waals surface area contributed by atoms with E-state index >= 15 is 0 Å². The van der Waals surface area contributed by atoms with Gasteiger partial charge in [0.1, 0.15) is 11.5 Å². The quantitative estimate of drug-likeness (QED) is 0.910. The van der Waals surface area contributed by atoms with Crippen LogP contribution in [0, 0.1) is 6.92 Å². The lowest BCUT2D eigenvalue weighted by Crippen LogP contribution is -2.02. The molecule has 1 N–H and O–H groups in total. The molecule has 2 aromatic heterocycles. The van der Waals surface area contributed by atoms with E-state index in [1.807, 2.05) is 43.5 Å². The summed E-state index contributed by atoms with van der Waals surface area (Å²) in [4.78, 5) is 12.9. The number of allylic oxidation sites excluding steroid dienone is 1. The van der Waals surface area contributed by atoms with E-state index in [-0.39, 0.29) is 11.9 Å². The molecule has 0 aromatic carbocycles. The molecule has 20 heavy (non-hydrogen) atoms. The minimum atomic E-state index is 0.167. The molecule has 1 aliphatic rings. The minimum absolute atomic E-state index is 0.167. The van der Waals surface area contributed by atoms with Crippen LogP contribution in [0.3, 0.4) is 0 Å². The summed E-state index contributed by atoms with van der Waals surface area (Å²) in [6.45, 7) is 5.92. The Morgan fingerprint density at radius 2 is 2.15 bits per heavy atom. The first kappa shape index (κ1) is 12.6. The number of fused-ring (bicyclic) bond motifs is 1. The Balaban J connectivity index is 2.07. The molecule has 0 radical (unpaired) electrons. The molecule has 102 valence electrons. The summed E-state index contributed by atoms with van der Waals surface area (Å²) in [5.41, 5.74) is 2.44. The number of aryl methyl sites for hydroxylation is 1. The Morgan fingerprint density at radius 3 is 2.85 bits per heavy atom. The van der Waals surface area contributed by atoms with Gasteiger partial charge in [-0.05, 0) is 39.0 Å². The molecule has 2 aromatic rings. The maximum Gasteiger partial charge on any atom is 0.219 e. The predicted molar refractivity (Wildman–Crippen MR) is 79.3 cm³/mol. The van der Waals surface area contributed by atoms with Crippen LogP contribution >= 0.6 is 0 Å². The van der Waals surface area contributed by atoms with Gasteiger partial charge in [-0.1, -0.05) is 0 Å². The Kier molecular flexibility index (Phi) is 2.89. The van der Waals surface area contributed by atoms with Gasteiger partial charge in [-0.25, -0.2) is 15.0 Å². The van der Waals surface area contributed by atoms with Crippen molar-refractivity contribution in [1.29, 1.82) is 0 Å². The Hall–Kier alpha value is -2.43. The number of aliphatic imine (C=N–C) groups is 1. The first-order chi connectivity index (χ1) is 9.58. The summed E-state index contributed by atoms with van der Waals surface area (Å²) >= 11 is 0. The van der Waals surface area contributed by atoms with Crippen LogP contribution in [0.1, 0.15) is 37.0 Å². The fraction of sp³-hybridized carbons (Fsp3) is 0.267. The summed E-state index contributed by atoms with van der Waals surface area (Å²) in [5.74, 6) is 1.69. The minimum Gasteiger partial charge on any atom is -0.493 e. The summed E-state index contributed by atoms with van der Waals surface area (Å²) in [6.07, 6.45) is 5.31. The first-order valence-electron chi connectivity index (χ1n) is 6.57. The molecule has 0 saturated carbocycles. The zero-order valence-electron chi connectivity index (χ0n) is 11.7. The van der Waals surface area contributed by atoms with Crippen LogP contribution in [-0.2, 0) is 0 Å². The highest BCUT2D eigenvalue weighted by Gasteiger charge is 2.17. The topological polar surface area (TPSA) is 63.3 Å².